The van der Waals surface area contributed by atoms with Gasteiger partial charge in [-0.3, -0.25) is 14.2 Å². The third kappa shape index (κ3) is 3.52. The molecule has 0 saturated carbocycles. The van der Waals surface area contributed by atoms with Crippen molar-refractivity contribution in [2.45, 2.75) is 32.6 Å². The summed E-state index contributed by atoms with van der Waals surface area (Å²) in [5, 5.41) is 3.65. The van der Waals surface area contributed by atoms with Gasteiger partial charge in [0.2, 0.25) is 0 Å². The van der Waals surface area contributed by atoms with Crippen molar-refractivity contribution in [2.24, 2.45) is 0 Å². The molecule has 1 amide bonds. The van der Waals surface area contributed by atoms with E-state index in [2.05, 4.69) is 16.4 Å². The highest BCUT2D eigenvalue weighted by Gasteiger charge is 2.16. The molecule has 0 unspecified atom stereocenters. The van der Waals surface area contributed by atoms with E-state index in [9.17, 15) is 9.59 Å². The molecular formula is C26H23N3O2. The number of para-hydroxylation sites is 1. The molecule has 1 aliphatic rings. The Morgan fingerprint density at radius 1 is 0.935 bits per heavy atom. The molecular weight excluding hydrogens is 386 g/mol. The summed E-state index contributed by atoms with van der Waals surface area (Å²) in [6.07, 6.45) is 4.43. The fraction of sp³-hybridized carbons (Fsp3) is 0.192. The molecule has 5 nitrogen and oxygen atoms in total. The minimum absolute atomic E-state index is 0.115. The van der Waals surface area contributed by atoms with Gasteiger partial charge < -0.3 is 5.32 Å². The van der Waals surface area contributed by atoms with Gasteiger partial charge in [0.05, 0.1) is 16.6 Å². The molecule has 3 aromatic carbocycles. The normalized spacial score (nSPS) is 13.1. The van der Waals surface area contributed by atoms with Crippen molar-refractivity contribution in [2.75, 3.05) is 5.32 Å². The van der Waals surface area contributed by atoms with Gasteiger partial charge in [0.25, 0.3) is 11.5 Å². The minimum Gasteiger partial charge on any atom is -0.322 e. The van der Waals surface area contributed by atoms with Crippen LogP contribution in [0.1, 0.15) is 40.2 Å². The first-order valence-electron chi connectivity index (χ1n) is 10.6. The van der Waals surface area contributed by atoms with E-state index >= 15 is 0 Å². The van der Waals surface area contributed by atoms with Crippen LogP contribution in [-0.4, -0.2) is 15.5 Å². The molecule has 0 saturated heterocycles. The summed E-state index contributed by atoms with van der Waals surface area (Å²) in [7, 11) is 0. The largest absolute Gasteiger partial charge is 0.322 e. The lowest BCUT2D eigenvalue weighted by molar-refractivity contribution is 0.102. The van der Waals surface area contributed by atoms with Crippen molar-refractivity contribution >= 4 is 22.5 Å². The third-order valence-corrected chi connectivity index (χ3v) is 5.98. The second kappa shape index (κ2) is 7.84. The van der Waals surface area contributed by atoms with E-state index in [0.29, 0.717) is 28.0 Å². The number of nitrogens with one attached hydrogen (secondary N) is 1. The van der Waals surface area contributed by atoms with Gasteiger partial charge in [-0.15, -0.1) is 0 Å². The average molecular weight is 409 g/mol. The standard InChI is InChI=1S/C26H23N3O2/c1-17-27-24-11-5-4-10-22(24)26(31)29(17)20-15-13-19(14-16-20)25(30)28-23-12-6-8-18-7-2-3-9-21(18)23/h4-6,8,10-16H,2-3,7,9H2,1H3,(H,28,30). The Morgan fingerprint density at radius 3 is 2.55 bits per heavy atom. The fourth-order valence-electron chi connectivity index (χ4n) is 4.40. The Morgan fingerprint density at radius 2 is 1.71 bits per heavy atom. The first-order chi connectivity index (χ1) is 15.1. The number of nitrogens with zero attached hydrogens (tertiary/aromatic N) is 2. The van der Waals surface area contributed by atoms with Crippen LogP contribution in [0.4, 0.5) is 5.69 Å². The van der Waals surface area contributed by atoms with Crippen LogP contribution in [0.25, 0.3) is 16.6 Å². The van der Waals surface area contributed by atoms with E-state index in [1.54, 1.807) is 34.9 Å². The molecule has 31 heavy (non-hydrogen) atoms. The van der Waals surface area contributed by atoms with Crippen molar-refractivity contribution in [3.8, 4) is 5.69 Å². The van der Waals surface area contributed by atoms with Crippen LogP contribution in [0.5, 0.6) is 0 Å². The molecule has 4 aromatic rings. The van der Waals surface area contributed by atoms with Gasteiger partial charge in [-0.2, -0.15) is 0 Å². The predicted octanol–water partition coefficient (Wildman–Crippen LogP) is 4.83. The van der Waals surface area contributed by atoms with Gasteiger partial charge in [0.15, 0.2) is 0 Å². The number of benzene rings is 3. The van der Waals surface area contributed by atoms with Crippen LogP contribution in [0, 0.1) is 6.92 Å². The van der Waals surface area contributed by atoms with Gasteiger partial charge >= 0.3 is 0 Å². The van der Waals surface area contributed by atoms with E-state index in [1.165, 1.54) is 17.5 Å². The quantitative estimate of drug-likeness (QED) is 0.527. The molecule has 0 spiro atoms. The van der Waals surface area contributed by atoms with E-state index in [4.69, 9.17) is 0 Å². The summed E-state index contributed by atoms with van der Waals surface area (Å²) in [5.41, 5.74) is 5.30. The summed E-state index contributed by atoms with van der Waals surface area (Å²) in [6, 6.07) is 20.5. The van der Waals surface area contributed by atoms with Crippen LogP contribution in [0.3, 0.4) is 0 Å². The highest BCUT2D eigenvalue weighted by molar-refractivity contribution is 6.04. The Labute approximate surface area is 180 Å². The Bertz CT molecular complexity index is 1350. The van der Waals surface area contributed by atoms with Crippen LogP contribution in [0.2, 0.25) is 0 Å². The molecule has 0 atom stereocenters. The van der Waals surface area contributed by atoms with Gasteiger partial charge in [0, 0.05) is 11.3 Å². The summed E-state index contributed by atoms with van der Waals surface area (Å²) in [5.74, 6) is 0.461. The van der Waals surface area contributed by atoms with Crippen molar-refractivity contribution in [3.05, 3.63) is 99.6 Å². The van der Waals surface area contributed by atoms with E-state index in [0.717, 1.165) is 24.9 Å². The van der Waals surface area contributed by atoms with E-state index < -0.39 is 0 Å². The zero-order valence-corrected chi connectivity index (χ0v) is 17.4. The molecule has 0 bridgehead atoms. The van der Waals surface area contributed by atoms with Gasteiger partial charge in [-0.1, -0.05) is 24.3 Å². The number of fused-ring (bicyclic) bond motifs is 2. The van der Waals surface area contributed by atoms with Crippen LogP contribution >= 0.6 is 0 Å². The molecule has 0 radical (unpaired) electrons. The van der Waals surface area contributed by atoms with Gasteiger partial charge in [-0.05, 0) is 86.2 Å². The van der Waals surface area contributed by atoms with Crippen LogP contribution < -0.4 is 10.9 Å². The molecule has 5 rings (SSSR count). The number of rotatable bonds is 3. The summed E-state index contributed by atoms with van der Waals surface area (Å²) in [4.78, 5) is 30.4. The van der Waals surface area contributed by atoms with Crippen molar-refractivity contribution in [3.63, 3.8) is 0 Å². The highest BCUT2D eigenvalue weighted by Crippen LogP contribution is 2.28. The Kier molecular flexibility index (Phi) is 4.86. The maximum absolute atomic E-state index is 13.0. The van der Waals surface area contributed by atoms with Crippen molar-refractivity contribution in [1.29, 1.82) is 0 Å². The summed E-state index contributed by atoms with van der Waals surface area (Å²) < 4.78 is 1.58. The molecule has 5 heteroatoms. The van der Waals surface area contributed by atoms with E-state index in [-0.39, 0.29) is 11.5 Å². The highest BCUT2D eigenvalue weighted by atomic mass is 16.1. The molecule has 0 aliphatic heterocycles. The smallest absolute Gasteiger partial charge is 0.265 e. The predicted molar refractivity (Wildman–Crippen MR) is 123 cm³/mol. The SMILES string of the molecule is Cc1nc2ccccc2c(=O)n1-c1ccc(C(=O)Nc2cccc3c2CCCC3)cc1. The number of carbonyl (C=O) groups is 1. The zero-order chi connectivity index (χ0) is 21.4. The molecule has 1 N–H and O–H groups in total. The minimum atomic E-state index is -0.147. The molecule has 154 valence electrons. The fourth-order valence-corrected chi connectivity index (χ4v) is 4.40. The Balaban J connectivity index is 1.44. The first-order valence-corrected chi connectivity index (χ1v) is 10.6. The van der Waals surface area contributed by atoms with E-state index in [1.807, 2.05) is 37.3 Å². The van der Waals surface area contributed by atoms with Crippen LogP contribution in [-0.2, 0) is 12.8 Å². The number of hydrogen-bond acceptors (Lipinski definition) is 3. The second-order valence-corrected chi connectivity index (χ2v) is 7.97. The van der Waals surface area contributed by atoms with Gasteiger partial charge in [0.1, 0.15) is 5.82 Å². The van der Waals surface area contributed by atoms with Crippen LogP contribution in [0.15, 0.2) is 71.5 Å². The molecule has 1 aliphatic carbocycles. The first kappa shape index (κ1) is 19.2. The van der Waals surface area contributed by atoms with Crippen molar-refractivity contribution in [1.82, 2.24) is 9.55 Å². The monoisotopic (exact) mass is 409 g/mol. The lowest BCUT2D eigenvalue weighted by atomic mass is 9.90. The lowest BCUT2D eigenvalue weighted by Crippen LogP contribution is -2.22. The maximum Gasteiger partial charge on any atom is 0.265 e. The van der Waals surface area contributed by atoms with Crippen molar-refractivity contribution < 1.29 is 4.79 Å². The number of hydrogen-bond donors (Lipinski definition) is 1. The third-order valence-electron chi connectivity index (χ3n) is 5.98. The molecule has 0 fully saturated rings. The molecule has 1 aromatic heterocycles. The number of anilines is 1. The number of aromatic nitrogens is 2. The number of amides is 1. The Hall–Kier alpha value is -3.73. The lowest BCUT2D eigenvalue weighted by Gasteiger charge is -2.19. The topological polar surface area (TPSA) is 64.0 Å². The summed E-state index contributed by atoms with van der Waals surface area (Å²) in [6.45, 7) is 1.81. The summed E-state index contributed by atoms with van der Waals surface area (Å²) >= 11 is 0. The zero-order valence-electron chi connectivity index (χ0n) is 17.4. The number of aryl methyl sites for hydroxylation is 2. The average Bonchev–Trinajstić information content (AvgIpc) is 2.80. The second-order valence-electron chi connectivity index (χ2n) is 7.97. The number of carbonyl (C=O) groups excluding carboxylic acids is 1. The van der Waals surface area contributed by atoms with Gasteiger partial charge in [-0.25, -0.2) is 4.98 Å². The maximum atomic E-state index is 13.0. The molecule has 1 heterocycles.